The van der Waals surface area contributed by atoms with Crippen LogP contribution in [0.3, 0.4) is 0 Å². The average molecular weight is 331 g/mol. The highest BCUT2D eigenvalue weighted by molar-refractivity contribution is 7.80. The molecule has 0 saturated carbocycles. The van der Waals surface area contributed by atoms with Crippen LogP contribution in [0.15, 0.2) is 30.3 Å². The van der Waals surface area contributed by atoms with E-state index in [9.17, 15) is 4.79 Å². The molecule has 0 aliphatic heterocycles. The first-order valence-corrected chi connectivity index (χ1v) is 7.11. The van der Waals surface area contributed by atoms with Crippen LogP contribution >= 0.6 is 46.8 Å². The van der Waals surface area contributed by atoms with E-state index in [1.165, 1.54) is 11.3 Å². The Morgan fingerprint density at radius 2 is 2.00 bits per heavy atom. The quantitative estimate of drug-likeness (QED) is 0.838. The Morgan fingerprint density at radius 1 is 1.26 bits per heavy atom. The van der Waals surface area contributed by atoms with Gasteiger partial charge in [0.05, 0.1) is 19.9 Å². The first-order valence-electron chi connectivity index (χ1n) is 5.13. The summed E-state index contributed by atoms with van der Waals surface area (Å²) in [7, 11) is 0. The molecule has 0 bridgehead atoms. The van der Waals surface area contributed by atoms with Gasteiger partial charge in [0.15, 0.2) is 0 Å². The molecule has 0 saturated heterocycles. The second-order valence-corrected chi connectivity index (χ2v) is 6.18. The van der Waals surface area contributed by atoms with Gasteiger partial charge in [-0.25, -0.2) is 0 Å². The highest BCUT2D eigenvalue weighted by atomic mass is 35.5. The number of nitrogens with one attached hydrogen (secondary N) is 1. The van der Waals surface area contributed by atoms with Gasteiger partial charge in [-0.15, -0.1) is 11.3 Å². The van der Waals surface area contributed by atoms with Crippen LogP contribution in [0.4, 0.5) is 5.69 Å². The Hall–Kier alpha value is -1.14. The third-order valence-corrected chi connectivity index (χ3v) is 4.08. The topological polar surface area (TPSA) is 55.1 Å². The van der Waals surface area contributed by atoms with Crippen LogP contribution in [0.25, 0.3) is 0 Å². The molecular weight excluding hydrogens is 323 g/mol. The molecule has 98 valence electrons. The first-order chi connectivity index (χ1) is 8.97. The van der Waals surface area contributed by atoms with E-state index in [0.717, 1.165) is 0 Å². The summed E-state index contributed by atoms with van der Waals surface area (Å²) >= 11 is 17.9. The molecule has 0 aliphatic rings. The van der Waals surface area contributed by atoms with Gasteiger partial charge in [-0.3, -0.25) is 4.79 Å². The second-order valence-electron chi connectivity index (χ2n) is 3.62. The maximum atomic E-state index is 11.9. The molecule has 0 atom stereocenters. The van der Waals surface area contributed by atoms with Gasteiger partial charge >= 0.3 is 0 Å². The van der Waals surface area contributed by atoms with Crippen molar-refractivity contribution >= 4 is 63.3 Å². The van der Waals surface area contributed by atoms with Gasteiger partial charge in [0, 0.05) is 5.56 Å². The van der Waals surface area contributed by atoms with Gasteiger partial charge in [-0.2, -0.15) is 0 Å². The molecule has 0 unspecified atom stereocenters. The number of thiocarbonyl (C=S) groups is 1. The lowest BCUT2D eigenvalue weighted by atomic mass is 10.2. The van der Waals surface area contributed by atoms with Crippen molar-refractivity contribution in [1.29, 1.82) is 0 Å². The highest BCUT2D eigenvalue weighted by Gasteiger charge is 2.11. The van der Waals surface area contributed by atoms with E-state index < -0.39 is 0 Å². The molecule has 0 fully saturated rings. The first kappa shape index (κ1) is 14.3. The Kier molecular flexibility index (Phi) is 4.42. The standard InChI is InChI=1S/C12H8Cl2N2OS2/c13-7-5-6(11(15)18)1-2-8(7)16-12(17)9-3-4-10(14)19-9/h1-5H,(H2,15,18)(H,16,17). The van der Waals surface area contributed by atoms with Gasteiger partial charge in [0.1, 0.15) is 4.99 Å². The predicted octanol–water partition coefficient (Wildman–Crippen LogP) is 3.94. The van der Waals surface area contributed by atoms with E-state index in [2.05, 4.69) is 5.32 Å². The van der Waals surface area contributed by atoms with Gasteiger partial charge < -0.3 is 11.1 Å². The maximum Gasteiger partial charge on any atom is 0.265 e. The van der Waals surface area contributed by atoms with Crippen molar-refractivity contribution in [3.8, 4) is 0 Å². The molecule has 2 rings (SSSR count). The molecule has 7 heteroatoms. The van der Waals surface area contributed by atoms with Crippen LogP contribution in [-0.4, -0.2) is 10.9 Å². The van der Waals surface area contributed by atoms with E-state index in [1.807, 2.05) is 0 Å². The fourth-order valence-electron chi connectivity index (χ4n) is 1.39. The predicted molar refractivity (Wildman–Crippen MR) is 84.6 cm³/mol. The van der Waals surface area contributed by atoms with Crippen LogP contribution in [0.2, 0.25) is 9.36 Å². The number of amides is 1. The van der Waals surface area contributed by atoms with Crippen molar-refractivity contribution in [2.75, 3.05) is 5.32 Å². The van der Waals surface area contributed by atoms with Crippen molar-refractivity contribution in [2.45, 2.75) is 0 Å². The van der Waals surface area contributed by atoms with E-state index in [-0.39, 0.29) is 10.9 Å². The lowest BCUT2D eigenvalue weighted by molar-refractivity contribution is 0.103. The second kappa shape index (κ2) is 5.88. The number of carbonyl (C=O) groups is 1. The fraction of sp³-hybridized carbons (Fsp3) is 0. The lowest BCUT2D eigenvalue weighted by Crippen LogP contribution is -2.12. The number of anilines is 1. The van der Waals surface area contributed by atoms with Gasteiger partial charge in [0.2, 0.25) is 0 Å². The Labute approximate surface area is 129 Å². The van der Waals surface area contributed by atoms with Crippen LogP contribution in [0.5, 0.6) is 0 Å². The number of thiophene rings is 1. The zero-order valence-corrected chi connectivity index (χ0v) is 12.6. The van der Waals surface area contributed by atoms with Gasteiger partial charge in [-0.05, 0) is 30.3 Å². The zero-order chi connectivity index (χ0) is 14.0. The van der Waals surface area contributed by atoms with E-state index in [1.54, 1.807) is 30.3 Å². The summed E-state index contributed by atoms with van der Waals surface area (Å²) in [6.07, 6.45) is 0. The minimum Gasteiger partial charge on any atom is -0.389 e. The summed E-state index contributed by atoms with van der Waals surface area (Å²) in [6.45, 7) is 0. The van der Waals surface area contributed by atoms with Crippen LogP contribution in [-0.2, 0) is 0 Å². The Balaban J connectivity index is 2.20. The third kappa shape index (κ3) is 3.45. The number of benzene rings is 1. The van der Waals surface area contributed by atoms with Crippen molar-refractivity contribution in [3.05, 3.63) is 50.1 Å². The average Bonchev–Trinajstić information content (AvgIpc) is 2.78. The number of hydrogen-bond donors (Lipinski definition) is 2. The summed E-state index contributed by atoms with van der Waals surface area (Å²) in [5.41, 5.74) is 6.65. The molecular formula is C12H8Cl2N2OS2. The molecule has 1 aromatic heterocycles. The monoisotopic (exact) mass is 330 g/mol. The van der Waals surface area contributed by atoms with Crippen molar-refractivity contribution < 1.29 is 4.79 Å². The van der Waals surface area contributed by atoms with Crippen LogP contribution in [0.1, 0.15) is 15.2 Å². The molecule has 0 aliphatic carbocycles. The number of carbonyl (C=O) groups excluding carboxylic acids is 1. The summed E-state index contributed by atoms with van der Waals surface area (Å²) in [6, 6.07) is 8.29. The van der Waals surface area contributed by atoms with E-state index in [4.69, 9.17) is 41.2 Å². The van der Waals surface area contributed by atoms with Gasteiger partial charge in [0.25, 0.3) is 5.91 Å². The summed E-state index contributed by atoms with van der Waals surface area (Å²) < 4.78 is 0.556. The number of rotatable bonds is 3. The van der Waals surface area contributed by atoms with Crippen LogP contribution in [0, 0.1) is 0 Å². The lowest BCUT2D eigenvalue weighted by Gasteiger charge is -2.07. The molecule has 0 radical (unpaired) electrons. The zero-order valence-electron chi connectivity index (χ0n) is 9.44. The SMILES string of the molecule is NC(=S)c1ccc(NC(=O)c2ccc(Cl)s2)c(Cl)c1. The van der Waals surface area contributed by atoms with E-state index >= 15 is 0 Å². The summed E-state index contributed by atoms with van der Waals surface area (Å²) in [5, 5.41) is 3.08. The van der Waals surface area contributed by atoms with Crippen molar-refractivity contribution in [3.63, 3.8) is 0 Å². The number of hydrogen-bond acceptors (Lipinski definition) is 3. The Morgan fingerprint density at radius 3 is 2.53 bits per heavy atom. The molecule has 1 heterocycles. The van der Waals surface area contributed by atoms with Crippen molar-refractivity contribution in [2.24, 2.45) is 5.73 Å². The molecule has 1 aromatic carbocycles. The molecule has 2 aromatic rings. The third-order valence-electron chi connectivity index (χ3n) is 2.30. The van der Waals surface area contributed by atoms with Gasteiger partial charge in [-0.1, -0.05) is 35.4 Å². The summed E-state index contributed by atoms with van der Waals surface area (Å²) in [4.78, 5) is 12.7. The highest BCUT2D eigenvalue weighted by Crippen LogP contribution is 2.26. The number of halogens is 2. The Bertz CT molecular complexity index is 655. The van der Waals surface area contributed by atoms with E-state index in [0.29, 0.717) is 25.5 Å². The largest absolute Gasteiger partial charge is 0.389 e. The minimum absolute atomic E-state index is 0.254. The molecule has 3 nitrogen and oxygen atoms in total. The summed E-state index contributed by atoms with van der Waals surface area (Å²) in [5.74, 6) is -0.262. The minimum atomic E-state index is -0.262. The number of nitrogens with two attached hydrogens (primary N) is 1. The molecule has 1 amide bonds. The molecule has 0 spiro atoms. The van der Waals surface area contributed by atoms with Crippen LogP contribution < -0.4 is 11.1 Å². The smallest absolute Gasteiger partial charge is 0.265 e. The normalized spacial score (nSPS) is 10.2. The fourth-order valence-corrected chi connectivity index (χ4v) is 2.68. The van der Waals surface area contributed by atoms with Crippen molar-refractivity contribution in [1.82, 2.24) is 0 Å². The molecule has 19 heavy (non-hydrogen) atoms. The molecule has 3 N–H and O–H groups in total. The maximum absolute atomic E-state index is 11.9.